The Hall–Kier alpha value is -1.37. The molecule has 0 unspecified atom stereocenters. The molecule has 0 atom stereocenters. The van der Waals surface area contributed by atoms with Crippen LogP contribution in [0.4, 0.5) is 0 Å². The van der Waals surface area contributed by atoms with Crippen LogP contribution in [0.3, 0.4) is 0 Å². The first-order chi connectivity index (χ1) is 5.18. The molecular formula is C4H9N3O3Si. The fourth-order valence-electron chi connectivity index (χ4n) is 0.473. The average Bonchev–Trinajstić information content (AvgIpc) is 1.88. The van der Waals surface area contributed by atoms with E-state index >= 15 is 0 Å². The zero-order valence-corrected chi connectivity index (χ0v) is 6.92. The molecule has 0 aliphatic carbocycles. The van der Waals surface area contributed by atoms with E-state index in [1.54, 1.807) is 6.55 Å². The van der Waals surface area contributed by atoms with Crippen LogP contribution in [0.5, 0.6) is 0 Å². The first kappa shape index (κ1) is 9.63. The molecule has 11 heavy (non-hydrogen) atoms. The molecule has 0 aliphatic rings. The van der Waals surface area contributed by atoms with Crippen molar-refractivity contribution in [3.05, 3.63) is 0 Å². The minimum absolute atomic E-state index is 1.19. The topological polar surface area (TPSA) is 97.8 Å². The lowest BCUT2D eigenvalue weighted by atomic mass is 11.6. The molecule has 0 saturated carbocycles. The summed E-state index contributed by atoms with van der Waals surface area (Å²) in [5.74, 6) is 3.56. The third-order valence-electron chi connectivity index (χ3n) is 1.01. The fraction of sp³-hybridized carbons (Fsp3) is 0.250. The zero-order valence-electron chi connectivity index (χ0n) is 5.92. The van der Waals surface area contributed by atoms with Crippen molar-refractivity contribution >= 4 is 25.6 Å². The minimum Gasteiger partial charge on any atom is -0.411 e. The SMILES string of the molecule is C[Si](C=NO)(C=NO)C=NO. The highest BCUT2D eigenvalue weighted by Crippen LogP contribution is 1.90. The van der Waals surface area contributed by atoms with Crippen molar-refractivity contribution in [2.45, 2.75) is 6.55 Å². The Bertz CT molecular complexity index is 160. The van der Waals surface area contributed by atoms with Gasteiger partial charge in [-0.3, -0.25) is 0 Å². The molecule has 0 aliphatic heterocycles. The summed E-state index contributed by atoms with van der Waals surface area (Å²) < 4.78 is 0. The lowest BCUT2D eigenvalue weighted by Crippen LogP contribution is -2.38. The highest BCUT2D eigenvalue weighted by Gasteiger charge is 2.21. The number of oxime groups is 3. The van der Waals surface area contributed by atoms with Gasteiger partial charge in [0.25, 0.3) is 0 Å². The molecule has 0 saturated heterocycles. The summed E-state index contributed by atoms with van der Waals surface area (Å²) >= 11 is 0. The van der Waals surface area contributed by atoms with E-state index in [-0.39, 0.29) is 0 Å². The molecule has 0 aromatic rings. The Labute approximate surface area is 64.1 Å². The van der Waals surface area contributed by atoms with Crippen LogP contribution in [0.1, 0.15) is 0 Å². The second kappa shape index (κ2) is 4.44. The van der Waals surface area contributed by atoms with Gasteiger partial charge in [-0.05, 0) is 0 Å². The molecule has 0 aromatic heterocycles. The van der Waals surface area contributed by atoms with Gasteiger partial charge < -0.3 is 15.6 Å². The Morgan fingerprint density at radius 3 is 1.36 bits per heavy atom. The number of nitrogens with zero attached hydrogens (tertiary/aromatic N) is 3. The number of hydrogen-bond acceptors (Lipinski definition) is 6. The maximum atomic E-state index is 8.17. The first-order valence-corrected chi connectivity index (χ1v) is 5.47. The average molecular weight is 175 g/mol. The van der Waals surface area contributed by atoms with Gasteiger partial charge >= 0.3 is 0 Å². The fourth-order valence-corrected chi connectivity index (χ4v) is 1.42. The number of rotatable bonds is 3. The van der Waals surface area contributed by atoms with E-state index in [2.05, 4.69) is 15.5 Å². The summed E-state index contributed by atoms with van der Waals surface area (Å²) in [6.07, 6.45) is 0. The molecule has 0 radical (unpaired) electrons. The van der Waals surface area contributed by atoms with Gasteiger partial charge in [0.1, 0.15) is 0 Å². The van der Waals surface area contributed by atoms with Crippen molar-refractivity contribution in [1.82, 2.24) is 0 Å². The van der Waals surface area contributed by atoms with Crippen molar-refractivity contribution in [1.29, 1.82) is 0 Å². The smallest absolute Gasteiger partial charge is 0.197 e. The van der Waals surface area contributed by atoms with Crippen LogP contribution in [0.15, 0.2) is 15.5 Å². The maximum Gasteiger partial charge on any atom is 0.197 e. The molecule has 0 fully saturated rings. The first-order valence-electron chi connectivity index (χ1n) is 2.74. The predicted molar refractivity (Wildman–Crippen MR) is 42.5 cm³/mol. The van der Waals surface area contributed by atoms with Gasteiger partial charge in [0.2, 0.25) is 0 Å². The molecule has 6 nitrogen and oxygen atoms in total. The highest BCUT2D eigenvalue weighted by atomic mass is 28.3. The van der Waals surface area contributed by atoms with Crippen molar-refractivity contribution in [3.63, 3.8) is 0 Å². The molecule has 3 N–H and O–H groups in total. The van der Waals surface area contributed by atoms with Crippen LogP contribution < -0.4 is 0 Å². The summed E-state index contributed by atoms with van der Waals surface area (Å²) in [5, 5.41) is 32.8. The normalized spacial score (nSPS) is 18.3. The lowest BCUT2D eigenvalue weighted by Gasteiger charge is -2.05. The van der Waals surface area contributed by atoms with Crippen molar-refractivity contribution in [2.24, 2.45) is 15.5 Å². The van der Waals surface area contributed by atoms with Crippen LogP contribution in [-0.2, 0) is 0 Å². The summed E-state index contributed by atoms with van der Waals surface area (Å²) in [6.45, 7) is 1.66. The molecule has 62 valence electrons. The van der Waals surface area contributed by atoms with Gasteiger partial charge in [0, 0.05) is 17.5 Å². The van der Waals surface area contributed by atoms with Crippen molar-refractivity contribution < 1.29 is 15.6 Å². The molecule has 0 amide bonds. The van der Waals surface area contributed by atoms with E-state index in [9.17, 15) is 0 Å². The third kappa shape index (κ3) is 3.35. The van der Waals surface area contributed by atoms with E-state index < -0.39 is 8.07 Å². The minimum atomic E-state index is -2.37. The van der Waals surface area contributed by atoms with Crippen LogP contribution in [0.25, 0.3) is 0 Å². The Morgan fingerprint density at radius 2 is 1.18 bits per heavy atom. The summed E-state index contributed by atoms with van der Waals surface area (Å²) in [7, 11) is -2.37. The molecule has 0 rings (SSSR count). The van der Waals surface area contributed by atoms with Crippen molar-refractivity contribution in [2.75, 3.05) is 0 Å². The van der Waals surface area contributed by atoms with Crippen LogP contribution in [0, 0.1) is 0 Å². The second-order valence-corrected chi connectivity index (χ2v) is 5.61. The summed E-state index contributed by atoms with van der Waals surface area (Å²) in [5.41, 5.74) is 0. The standard InChI is InChI=1S/C4H9N3O3Si/c1-11(2-5-8,3-6-9)4-7-10/h2-4,8-10H,1H3. The van der Waals surface area contributed by atoms with E-state index in [0.717, 1.165) is 0 Å². The summed E-state index contributed by atoms with van der Waals surface area (Å²) in [4.78, 5) is 0. The lowest BCUT2D eigenvalue weighted by molar-refractivity contribution is 0.321. The van der Waals surface area contributed by atoms with E-state index in [4.69, 9.17) is 15.6 Å². The predicted octanol–water partition coefficient (Wildman–Crippen LogP) is 0.0626. The van der Waals surface area contributed by atoms with Crippen LogP contribution in [-0.4, -0.2) is 41.2 Å². The number of hydrogen-bond donors (Lipinski definition) is 3. The van der Waals surface area contributed by atoms with Gasteiger partial charge in [-0.2, -0.15) is 0 Å². The van der Waals surface area contributed by atoms with Crippen LogP contribution >= 0.6 is 0 Å². The third-order valence-corrected chi connectivity index (χ3v) is 3.02. The molecule has 0 spiro atoms. The molecule has 0 heterocycles. The Kier molecular flexibility index (Phi) is 3.89. The van der Waals surface area contributed by atoms with E-state index in [0.29, 0.717) is 0 Å². The van der Waals surface area contributed by atoms with Gasteiger partial charge in [0.15, 0.2) is 8.07 Å². The van der Waals surface area contributed by atoms with E-state index in [1.165, 1.54) is 17.5 Å². The molecule has 0 bridgehead atoms. The van der Waals surface area contributed by atoms with Gasteiger partial charge in [-0.1, -0.05) is 6.55 Å². The quantitative estimate of drug-likeness (QED) is 0.245. The zero-order chi connectivity index (χ0) is 8.74. The van der Waals surface area contributed by atoms with Crippen LogP contribution in [0.2, 0.25) is 6.55 Å². The molecular weight excluding hydrogens is 166 g/mol. The molecule has 7 heteroatoms. The highest BCUT2D eigenvalue weighted by molar-refractivity contribution is 7.33. The monoisotopic (exact) mass is 175 g/mol. The molecule has 0 aromatic carbocycles. The Morgan fingerprint density at radius 1 is 0.909 bits per heavy atom. The maximum absolute atomic E-state index is 8.17. The second-order valence-electron chi connectivity index (χ2n) is 2.10. The Balaban J connectivity index is 4.51. The largest absolute Gasteiger partial charge is 0.411 e. The van der Waals surface area contributed by atoms with Gasteiger partial charge in [-0.15, -0.1) is 15.5 Å². The van der Waals surface area contributed by atoms with E-state index in [1.807, 2.05) is 0 Å². The van der Waals surface area contributed by atoms with Crippen molar-refractivity contribution in [3.8, 4) is 0 Å². The van der Waals surface area contributed by atoms with Gasteiger partial charge in [-0.25, -0.2) is 0 Å². The summed E-state index contributed by atoms with van der Waals surface area (Å²) in [6, 6.07) is 0. The van der Waals surface area contributed by atoms with Gasteiger partial charge in [0.05, 0.1) is 0 Å².